The van der Waals surface area contributed by atoms with E-state index in [1.54, 1.807) is 36.3 Å². The minimum atomic E-state index is -0.204. The van der Waals surface area contributed by atoms with E-state index in [1.165, 1.54) is 6.08 Å². The zero-order chi connectivity index (χ0) is 20.1. The van der Waals surface area contributed by atoms with Gasteiger partial charge in [0.25, 0.3) is 5.56 Å². The van der Waals surface area contributed by atoms with Gasteiger partial charge in [-0.25, -0.2) is 4.98 Å². The largest absolute Gasteiger partial charge is 0.496 e. The molecule has 6 nitrogen and oxygen atoms in total. The van der Waals surface area contributed by atoms with Crippen LogP contribution in [0.3, 0.4) is 0 Å². The number of H-pyrrole nitrogens is 1. The van der Waals surface area contributed by atoms with Crippen LogP contribution in [0, 0.1) is 6.92 Å². The number of amides is 1. The number of aryl methyl sites for hydroxylation is 1. The Kier molecular flexibility index (Phi) is 5.89. The van der Waals surface area contributed by atoms with Crippen LogP contribution >= 0.6 is 0 Å². The van der Waals surface area contributed by atoms with Crippen LogP contribution in [0.1, 0.15) is 23.9 Å². The number of hydrogen-bond acceptors (Lipinski definition) is 4. The molecule has 0 aliphatic rings. The number of nitrogens with one attached hydrogen (secondary N) is 1. The van der Waals surface area contributed by atoms with Crippen molar-refractivity contribution in [3.63, 3.8) is 0 Å². The highest BCUT2D eigenvalue weighted by Crippen LogP contribution is 2.21. The predicted molar refractivity (Wildman–Crippen MR) is 110 cm³/mol. The average Bonchev–Trinajstić information content (AvgIpc) is 2.70. The zero-order valence-electron chi connectivity index (χ0n) is 16.2. The summed E-state index contributed by atoms with van der Waals surface area (Å²) >= 11 is 0. The molecule has 1 N–H and O–H groups in total. The highest BCUT2D eigenvalue weighted by Gasteiger charge is 2.12. The number of hydrogen-bond donors (Lipinski definition) is 1. The molecular formula is C22H23N3O3. The molecule has 0 fully saturated rings. The van der Waals surface area contributed by atoms with E-state index in [0.717, 1.165) is 11.1 Å². The SMILES string of the molecule is CCN(Cc1nc2ccccc2c(=O)[nH]1)C(=O)/C=C/c1cc(C)ccc1OC. The van der Waals surface area contributed by atoms with Gasteiger partial charge in [0.15, 0.2) is 0 Å². The number of aromatic nitrogens is 2. The van der Waals surface area contributed by atoms with Gasteiger partial charge in [-0.05, 0) is 44.2 Å². The van der Waals surface area contributed by atoms with Crippen molar-refractivity contribution >= 4 is 22.9 Å². The maximum atomic E-state index is 12.7. The normalized spacial score (nSPS) is 11.1. The van der Waals surface area contributed by atoms with Crippen LogP contribution in [0.2, 0.25) is 0 Å². The first-order valence-electron chi connectivity index (χ1n) is 9.11. The second-order valence-electron chi connectivity index (χ2n) is 6.46. The molecule has 0 atom stereocenters. The fourth-order valence-electron chi connectivity index (χ4n) is 2.99. The fraction of sp³-hybridized carbons (Fsp3) is 0.227. The van der Waals surface area contributed by atoms with Crippen LogP contribution in [0.25, 0.3) is 17.0 Å². The van der Waals surface area contributed by atoms with Crippen LogP contribution in [-0.2, 0) is 11.3 Å². The Balaban J connectivity index is 1.81. The summed E-state index contributed by atoms with van der Waals surface area (Å²) in [6, 6.07) is 12.9. The van der Waals surface area contributed by atoms with Crippen molar-refractivity contribution in [3.8, 4) is 5.75 Å². The molecule has 3 aromatic rings. The van der Waals surface area contributed by atoms with Crippen molar-refractivity contribution in [2.24, 2.45) is 0 Å². The molecule has 0 spiro atoms. The molecule has 0 saturated heterocycles. The van der Waals surface area contributed by atoms with E-state index in [4.69, 9.17) is 4.74 Å². The van der Waals surface area contributed by atoms with Crippen molar-refractivity contribution in [2.75, 3.05) is 13.7 Å². The van der Waals surface area contributed by atoms with Crippen molar-refractivity contribution in [1.82, 2.24) is 14.9 Å². The number of carbonyl (C=O) groups excluding carboxylic acids is 1. The molecule has 1 amide bonds. The lowest BCUT2D eigenvalue weighted by Crippen LogP contribution is -2.30. The van der Waals surface area contributed by atoms with Gasteiger partial charge in [-0.1, -0.05) is 23.8 Å². The molecule has 144 valence electrons. The number of rotatable bonds is 6. The van der Waals surface area contributed by atoms with Gasteiger partial charge in [-0.2, -0.15) is 0 Å². The molecule has 1 aromatic heterocycles. The quantitative estimate of drug-likeness (QED) is 0.669. The highest BCUT2D eigenvalue weighted by atomic mass is 16.5. The van der Waals surface area contributed by atoms with Crippen molar-refractivity contribution in [1.29, 1.82) is 0 Å². The van der Waals surface area contributed by atoms with Crippen LogP contribution in [0.15, 0.2) is 53.3 Å². The summed E-state index contributed by atoms with van der Waals surface area (Å²) in [5.41, 5.74) is 2.33. The van der Waals surface area contributed by atoms with Crippen LogP contribution in [-0.4, -0.2) is 34.4 Å². The number of aromatic amines is 1. The molecule has 6 heteroatoms. The van der Waals surface area contributed by atoms with E-state index in [1.807, 2.05) is 38.1 Å². The van der Waals surface area contributed by atoms with E-state index in [9.17, 15) is 9.59 Å². The average molecular weight is 377 g/mol. The maximum Gasteiger partial charge on any atom is 0.258 e. The Morgan fingerprint density at radius 1 is 1.25 bits per heavy atom. The first-order valence-corrected chi connectivity index (χ1v) is 9.11. The first-order chi connectivity index (χ1) is 13.5. The molecule has 0 radical (unpaired) electrons. The Bertz CT molecular complexity index is 1090. The zero-order valence-corrected chi connectivity index (χ0v) is 16.2. The van der Waals surface area contributed by atoms with Gasteiger partial charge in [0.2, 0.25) is 5.91 Å². The van der Waals surface area contributed by atoms with Crippen LogP contribution < -0.4 is 10.3 Å². The summed E-state index contributed by atoms with van der Waals surface area (Å²) in [7, 11) is 1.60. The third-order valence-electron chi connectivity index (χ3n) is 4.49. The lowest BCUT2D eigenvalue weighted by molar-refractivity contribution is -0.126. The molecule has 1 heterocycles. The number of likely N-dealkylation sites (N-methyl/N-ethyl adjacent to an activating group) is 1. The van der Waals surface area contributed by atoms with Crippen LogP contribution in [0.5, 0.6) is 5.75 Å². The molecule has 0 aliphatic carbocycles. The lowest BCUT2D eigenvalue weighted by atomic mass is 10.1. The topological polar surface area (TPSA) is 75.3 Å². The van der Waals surface area contributed by atoms with Crippen molar-refractivity contribution in [2.45, 2.75) is 20.4 Å². The molecule has 3 rings (SSSR count). The molecular weight excluding hydrogens is 354 g/mol. The van der Waals surface area contributed by atoms with Gasteiger partial charge in [0, 0.05) is 18.2 Å². The Hall–Kier alpha value is -3.41. The van der Waals surface area contributed by atoms with Crippen molar-refractivity contribution < 1.29 is 9.53 Å². The first kappa shape index (κ1) is 19.4. The lowest BCUT2D eigenvalue weighted by Gasteiger charge is -2.18. The number of ether oxygens (including phenoxy) is 1. The smallest absolute Gasteiger partial charge is 0.258 e. The van der Waals surface area contributed by atoms with E-state index >= 15 is 0 Å². The third kappa shape index (κ3) is 4.28. The Morgan fingerprint density at radius 3 is 2.79 bits per heavy atom. The summed E-state index contributed by atoms with van der Waals surface area (Å²) in [6.07, 6.45) is 3.26. The highest BCUT2D eigenvalue weighted by molar-refractivity contribution is 5.92. The maximum absolute atomic E-state index is 12.7. The molecule has 0 bridgehead atoms. The summed E-state index contributed by atoms with van der Waals surface area (Å²) in [4.78, 5) is 33.7. The third-order valence-corrected chi connectivity index (χ3v) is 4.49. The van der Waals surface area contributed by atoms with Gasteiger partial charge in [0.05, 0.1) is 24.6 Å². The minimum absolute atomic E-state index is 0.165. The van der Waals surface area contributed by atoms with Gasteiger partial charge in [-0.3, -0.25) is 9.59 Å². The second-order valence-corrected chi connectivity index (χ2v) is 6.46. The standard InChI is InChI=1S/C22H23N3O3/c1-4-25(14-20-23-18-8-6-5-7-17(18)22(27)24-20)21(26)12-10-16-13-15(2)9-11-19(16)28-3/h5-13H,4,14H2,1-3H3,(H,23,24,27)/b12-10+. The molecule has 2 aromatic carbocycles. The number of methoxy groups -OCH3 is 1. The Labute approximate surface area is 163 Å². The van der Waals surface area contributed by atoms with E-state index < -0.39 is 0 Å². The number of fused-ring (bicyclic) bond motifs is 1. The van der Waals surface area contributed by atoms with E-state index in [2.05, 4.69) is 9.97 Å². The number of para-hydroxylation sites is 1. The van der Waals surface area contributed by atoms with Gasteiger partial charge >= 0.3 is 0 Å². The molecule has 0 unspecified atom stereocenters. The minimum Gasteiger partial charge on any atom is -0.496 e. The number of nitrogens with zero attached hydrogens (tertiary/aromatic N) is 2. The molecule has 0 aliphatic heterocycles. The van der Waals surface area contributed by atoms with E-state index in [-0.39, 0.29) is 18.0 Å². The van der Waals surface area contributed by atoms with E-state index in [0.29, 0.717) is 29.0 Å². The van der Waals surface area contributed by atoms with Crippen molar-refractivity contribution in [3.05, 3.63) is 75.8 Å². The fourth-order valence-corrected chi connectivity index (χ4v) is 2.99. The summed E-state index contributed by atoms with van der Waals surface area (Å²) in [5, 5.41) is 0.534. The summed E-state index contributed by atoms with van der Waals surface area (Å²) in [5.74, 6) is 1.00. The summed E-state index contributed by atoms with van der Waals surface area (Å²) < 4.78 is 5.34. The number of benzene rings is 2. The number of carbonyl (C=O) groups is 1. The van der Waals surface area contributed by atoms with Gasteiger partial charge in [0.1, 0.15) is 11.6 Å². The second kappa shape index (κ2) is 8.52. The van der Waals surface area contributed by atoms with Gasteiger partial charge < -0.3 is 14.6 Å². The predicted octanol–water partition coefficient (Wildman–Crippen LogP) is 3.30. The summed E-state index contributed by atoms with van der Waals surface area (Å²) in [6.45, 7) is 4.59. The molecule has 0 saturated carbocycles. The Morgan fingerprint density at radius 2 is 2.04 bits per heavy atom. The molecule has 28 heavy (non-hydrogen) atoms. The van der Waals surface area contributed by atoms with Gasteiger partial charge in [-0.15, -0.1) is 0 Å². The van der Waals surface area contributed by atoms with Crippen LogP contribution in [0.4, 0.5) is 0 Å². The monoisotopic (exact) mass is 377 g/mol.